The van der Waals surface area contributed by atoms with E-state index >= 15 is 0 Å². The maximum absolute atomic E-state index is 12.8. The van der Waals surface area contributed by atoms with Crippen molar-refractivity contribution in [3.05, 3.63) is 70.3 Å². The number of nitro benzene ring substituents is 1. The molecule has 1 unspecified atom stereocenters. The largest absolute Gasteiger partial charge is 0.487 e. The van der Waals surface area contributed by atoms with Crippen LogP contribution in [0, 0.1) is 10.1 Å². The molecule has 0 radical (unpaired) electrons. The Morgan fingerprint density at radius 2 is 1.86 bits per heavy atom. The van der Waals surface area contributed by atoms with Crippen LogP contribution in [-0.4, -0.2) is 24.1 Å². The lowest BCUT2D eigenvalue weighted by Gasteiger charge is -2.13. The van der Waals surface area contributed by atoms with Crippen LogP contribution >= 0.6 is 0 Å². The molecule has 2 aromatic carbocycles. The predicted molar refractivity (Wildman–Crippen MR) is 99.1 cm³/mol. The summed E-state index contributed by atoms with van der Waals surface area (Å²) in [6.45, 7) is 1.71. The summed E-state index contributed by atoms with van der Waals surface area (Å²) in [5, 5.41) is 13.9. The number of hydrogen-bond donors (Lipinski definition) is 1. The highest BCUT2D eigenvalue weighted by Gasteiger charge is 2.33. The molecule has 10 heteroatoms. The van der Waals surface area contributed by atoms with Crippen LogP contribution in [0.15, 0.2) is 54.6 Å². The number of rotatable bonds is 7. The van der Waals surface area contributed by atoms with E-state index in [1.165, 1.54) is 19.3 Å². The number of carbonyl (C=O) groups is 1. The average molecular weight is 410 g/mol. The fourth-order valence-corrected chi connectivity index (χ4v) is 2.27. The molecule has 2 rings (SSSR count). The lowest BCUT2D eigenvalue weighted by Crippen LogP contribution is -2.09. The van der Waals surface area contributed by atoms with Gasteiger partial charge in [0, 0.05) is 17.8 Å². The van der Waals surface area contributed by atoms with Crippen molar-refractivity contribution in [1.29, 1.82) is 0 Å². The smallest absolute Gasteiger partial charge is 0.416 e. The Morgan fingerprint density at radius 1 is 1.21 bits per heavy atom. The zero-order valence-corrected chi connectivity index (χ0v) is 15.4. The van der Waals surface area contributed by atoms with Gasteiger partial charge < -0.3 is 14.8 Å². The molecule has 1 N–H and O–H groups in total. The molecule has 7 nitrogen and oxygen atoms in total. The van der Waals surface area contributed by atoms with Crippen molar-refractivity contribution in [3.8, 4) is 5.75 Å². The number of nitro groups is 1. The third-order valence-electron chi connectivity index (χ3n) is 3.68. The van der Waals surface area contributed by atoms with Crippen LogP contribution in [0.3, 0.4) is 0 Å². The second kappa shape index (κ2) is 9.09. The number of alkyl halides is 3. The molecule has 0 fully saturated rings. The first-order valence-corrected chi connectivity index (χ1v) is 8.25. The molecule has 0 aliphatic rings. The van der Waals surface area contributed by atoms with Gasteiger partial charge in [-0.25, -0.2) is 4.79 Å². The Kier molecular flexibility index (Phi) is 6.81. The van der Waals surface area contributed by atoms with Crippen molar-refractivity contribution in [1.82, 2.24) is 0 Å². The van der Waals surface area contributed by atoms with Crippen LogP contribution in [-0.2, 0) is 15.7 Å². The topological polar surface area (TPSA) is 90.7 Å². The second-order valence-electron chi connectivity index (χ2n) is 5.84. The summed E-state index contributed by atoms with van der Waals surface area (Å²) < 4.78 is 48.4. The Bertz CT molecular complexity index is 911. The van der Waals surface area contributed by atoms with Crippen molar-refractivity contribution in [2.75, 3.05) is 12.4 Å². The van der Waals surface area contributed by atoms with E-state index in [0.717, 1.165) is 12.1 Å². The number of nitrogens with zero attached hydrogens (tertiary/aromatic N) is 1. The molecule has 154 valence electrons. The standard InChI is InChI=1S/C19H17F3N2O5/c1-12(3-10-18(25)28-2)29-15-7-5-14(6-8-15)23-16-9-4-13(19(20,21)22)11-17(16)24(26)27/h3-12,23H,1-2H3/b10-3+. The first-order valence-electron chi connectivity index (χ1n) is 8.25. The fourth-order valence-electron chi connectivity index (χ4n) is 2.27. The molecule has 1 atom stereocenters. The lowest BCUT2D eigenvalue weighted by atomic mass is 10.1. The molecule has 0 saturated carbocycles. The van der Waals surface area contributed by atoms with Gasteiger partial charge in [0.2, 0.25) is 0 Å². The van der Waals surface area contributed by atoms with Crippen LogP contribution in [0.1, 0.15) is 12.5 Å². The van der Waals surface area contributed by atoms with Crippen molar-refractivity contribution < 1.29 is 32.4 Å². The van der Waals surface area contributed by atoms with Gasteiger partial charge in [-0.15, -0.1) is 0 Å². The molecule has 0 bridgehead atoms. The molecule has 0 aromatic heterocycles. The third-order valence-corrected chi connectivity index (χ3v) is 3.68. The first-order chi connectivity index (χ1) is 13.6. The SMILES string of the molecule is COC(=O)/C=C/C(C)Oc1ccc(Nc2ccc(C(F)(F)F)cc2[N+](=O)[O-])cc1. The van der Waals surface area contributed by atoms with E-state index in [4.69, 9.17) is 4.74 Å². The summed E-state index contributed by atoms with van der Waals surface area (Å²) in [5.74, 6) is -0.0578. The van der Waals surface area contributed by atoms with Gasteiger partial charge in [-0.1, -0.05) is 0 Å². The predicted octanol–water partition coefficient (Wildman–Crippen LogP) is 4.85. The molecule has 29 heavy (non-hydrogen) atoms. The number of methoxy groups -OCH3 is 1. The third kappa shape index (κ3) is 6.23. The molecule has 0 spiro atoms. The van der Waals surface area contributed by atoms with E-state index in [2.05, 4.69) is 10.1 Å². The number of anilines is 2. The summed E-state index contributed by atoms with van der Waals surface area (Å²) in [7, 11) is 1.25. The fraction of sp³-hybridized carbons (Fsp3) is 0.211. The van der Waals surface area contributed by atoms with Gasteiger partial charge in [-0.2, -0.15) is 13.2 Å². The molecule has 0 amide bonds. The number of halogens is 3. The van der Waals surface area contributed by atoms with Crippen molar-refractivity contribution in [2.45, 2.75) is 19.2 Å². The van der Waals surface area contributed by atoms with Crippen LogP contribution in [0.4, 0.5) is 30.2 Å². The van der Waals surface area contributed by atoms with Gasteiger partial charge in [0.25, 0.3) is 5.69 Å². The Labute approximate surface area is 163 Å². The molecule has 0 saturated heterocycles. The molecule has 0 heterocycles. The van der Waals surface area contributed by atoms with E-state index in [0.29, 0.717) is 17.5 Å². The lowest BCUT2D eigenvalue weighted by molar-refractivity contribution is -0.384. The van der Waals surface area contributed by atoms with E-state index in [1.807, 2.05) is 0 Å². The van der Waals surface area contributed by atoms with E-state index < -0.39 is 34.4 Å². The highest BCUT2D eigenvalue weighted by Crippen LogP contribution is 2.36. The van der Waals surface area contributed by atoms with Gasteiger partial charge >= 0.3 is 12.1 Å². The normalized spacial score (nSPS) is 12.4. The second-order valence-corrected chi connectivity index (χ2v) is 5.84. The average Bonchev–Trinajstić information content (AvgIpc) is 2.66. The number of hydrogen-bond acceptors (Lipinski definition) is 6. The number of ether oxygens (including phenoxy) is 2. The molecule has 2 aromatic rings. The summed E-state index contributed by atoms with van der Waals surface area (Å²) in [4.78, 5) is 21.3. The highest BCUT2D eigenvalue weighted by atomic mass is 19.4. The highest BCUT2D eigenvalue weighted by molar-refractivity contribution is 5.81. The Balaban J connectivity index is 2.12. The van der Waals surface area contributed by atoms with Gasteiger partial charge in [0.15, 0.2) is 0 Å². The minimum atomic E-state index is -4.68. The van der Waals surface area contributed by atoms with Gasteiger partial charge in [-0.05, 0) is 49.4 Å². The van der Waals surface area contributed by atoms with Gasteiger partial charge in [0.1, 0.15) is 17.5 Å². The summed E-state index contributed by atoms with van der Waals surface area (Å²) in [6, 6.07) is 8.49. The number of benzene rings is 2. The quantitative estimate of drug-likeness (QED) is 0.304. The van der Waals surface area contributed by atoms with E-state index in [9.17, 15) is 28.1 Å². The molecule has 0 aliphatic carbocycles. The number of nitrogens with one attached hydrogen (secondary N) is 1. The van der Waals surface area contributed by atoms with Gasteiger partial charge in [-0.3, -0.25) is 10.1 Å². The van der Waals surface area contributed by atoms with Crippen molar-refractivity contribution in [3.63, 3.8) is 0 Å². The molecule has 0 aliphatic heterocycles. The number of esters is 1. The van der Waals surface area contributed by atoms with Crippen molar-refractivity contribution >= 4 is 23.0 Å². The summed E-state index contributed by atoms with van der Waals surface area (Å²) >= 11 is 0. The Morgan fingerprint density at radius 3 is 2.41 bits per heavy atom. The van der Waals surface area contributed by atoms with Crippen LogP contribution in [0.2, 0.25) is 0 Å². The minimum absolute atomic E-state index is 0.0777. The molecular weight excluding hydrogens is 393 g/mol. The van der Waals surface area contributed by atoms with E-state index in [1.54, 1.807) is 31.2 Å². The summed E-state index contributed by atoms with van der Waals surface area (Å²) in [5.41, 5.74) is -1.46. The Hall–Kier alpha value is -3.56. The van der Waals surface area contributed by atoms with Crippen LogP contribution < -0.4 is 10.1 Å². The zero-order valence-electron chi connectivity index (χ0n) is 15.4. The van der Waals surface area contributed by atoms with Crippen LogP contribution in [0.25, 0.3) is 0 Å². The van der Waals surface area contributed by atoms with Crippen molar-refractivity contribution in [2.24, 2.45) is 0 Å². The molecular formula is C19H17F3N2O5. The maximum Gasteiger partial charge on any atom is 0.416 e. The minimum Gasteiger partial charge on any atom is -0.487 e. The van der Waals surface area contributed by atoms with Crippen LogP contribution in [0.5, 0.6) is 5.75 Å². The summed E-state index contributed by atoms with van der Waals surface area (Å²) in [6.07, 6.45) is -2.38. The van der Waals surface area contributed by atoms with E-state index in [-0.39, 0.29) is 5.69 Å². The first kappa shape index (κ1) is 21.7. The monoisotopic (exact) mass is 410 g/mol. The number of carbonyl (C=O) groups excluding carboxylic acids is 1. The maximum atomic E-state index is 12.8. The zero-order chi connectivity index (χ0) is 21.6. The van der Waals surface area contributed by atoms with Gasteiger partial charge in [0.05, 0.1) is 17.6 Å².